The highest BCUT2D eigenvalue weighted by Crippen LogP contribution is 2.30. The Kier molecular flexibility index (Phi) is 2.99. The molecule has 100 valence electrons. The number of aromatic nitrogens is 1. The Morgan fingerprint density at radius 1 is 1.10 bits per heavy atom. The summed E-state index contributed by atoms with van der Waals surface area (Å²) in [6.07, 6.45) is 1.74. The van der Waals surface area contributed by atoms with Crippen LogP contribution in [-0.4, -0.2) is 4.98 Å². The Morgan fingerprint density at radius 3 is 2.70 bits per heavy atom. The normalized spacial score (nSPS) is 10.7. The van der Waals surface area contributed by atoms with Gasteiger partial charge in [-0.25, -0.2) is 4.39 Å². The molecule has 0 saturated heterocycles. The number of hydrogen-bond donors (Lipinski definition) is 2. The molecule has 3 nitrogen and oxygen atoms in total. The second-order valence-electron chi connectivity index (χ2n) is 4.68. The van der Waals surface area contributed by atoms with Crippen LogP contribution < -0.4 is 11.1 Å². The lowest BCUT2D eigenvalue weighted by molar-refractivity contribution is 0.627. The highest BCUT2D eigenvalue weighted by molar-refractivity contribution is 5.97. The molecule has 0 aliphatic carbocycles. The summed E-state index contributed by atoms with van der Waals surface area (Å²) in [6, 6.07) is 12.2. The molecule has 0 aliphatic heterocycles. The first-order valence-corrected chi connectivity index (χ1v) is 6.31. The third-order valence-electron chi connectivity index (χ3n) is 3.28. The van der Waals surface area contributed by atoms with Crippen LogP contribution in [0.3, 0.4) is 0 Å². The summed E-state index contributed by atoms with van der Waals surface area (Å²) in [6.45, 7) is 1.85. The van der Waals surface area contributed by atoms with Gasteiger partial charge in [0.15, 0.2) is 0 Å². The van der Waals surface area contributed by atoms with E-state index >= 15 is 0 Å². The molecule has 3 aromatic rings. The third-order valence-corrected chi connectivity index (χ3v) is 3.28. The van der Waals surface area contributed by atoms with Crippen molar-refractivity contribution >= 4 is 28.0 Å². The number of nitrogen functional groups attached to an aromatic ring is 1. The molecule has 0 saturated carbocycles. The zero-order valence-corrected chi connectivity index (χ0v) is 11.0. The second kappa shape index (κ2) is 4.81. The van der Waals surface area contributed by atoms with Crippen LogP contribution >= 0.6 is 0 Å². The molecule has 3 N–H and O–H groups in total. The highest BCUT2D eigenvalue weighted by Gasteiger charge is 2.07. The summed E-state index contributed by atoms with van der Waals surface area (Å²) in [5, 5.41) is 4.14. The maximum absolute atomic E-state index is 13.1. The van der Waals surface area contributed by atoms with Gasteiger partial charge in [-0.15, -0.1) is 0 Å². The van der Waals surface area contributed by atoms with Crippen LogP contribution in [0.4, 0.5) is 21.5 Å². The van der Waals surface area contributed by atoms with Gasteiger partial charge in [-0.2, -0.15) is 0 Å². The Labute approximate surface area is 116 Å². The quantitative estimate of drug-likeness (QED) is 0.690. The van der Waals surface area contributed by atoms with Crippen LogP contribution in [0, 0.1) is 12.7 Å². The van der Waals surface area contributed by atoms with Crippen LogP contribution in [0.2, 0.25) is 0 Å². The van der Waals surface area contributed by atoms with Crippen molar-refractivity contribution in [3.8, 4) is 0 Å². The maximum atomic E-state index is 13.1. The molecule has 0 radical (unpaired) electrons. The van der Waals surface area contributed by atoms with E-state index in [2.05, 4.69) is 10.3 Å². The van der Waals surface area contributed by atoms with Crippen LogP contribution in [0.5, 0.6) is 0 Å². The van der Waals surface area contributed by atoms with Crippen LogP contribution in [0.25, 0.3) is 10.9 Å². The Hall–Kier alpha value is -2.62. The summed E-state index contributed by atoms with van der Waals surface area (Å²) in [5.74, 6) is -0.247. The number of benzene rings is 2. The summed E-state index contributed by atoms with van der Waals surface area (Å²) in [4.78, 5) is 4.26. The lowest BCUT2D eigenvalue weighted by Gasteiger charge is -2.13. The first-order chi connectivity index (χ1) is 9.65. The minimum atomic E-state index is -0.247. The predicted octanol–water partition coefficient (Wildman–Crippen LogP) is 4.01. The first kappa shape index (κ1) is 12.4. The van der Waals surface area contributed by atoms with Crippen molar-refractivity contribution in [2.75, 3.05) is 11.1 Å². The SMILES string of the molecule is Cc1cc(F)ccc1Nc1ccc2ncccc2c1N. The molecule has 2 aromatic carbocycles. The number of rotatable bonds is 2. The van der Waals surface area contributed by atoms with Crippen molar-refractivity contribution in [3.05, 3.63) is 60.0 Å². The van der Waals surface area contributed by atoms with E-state index in [1.165, 1.54) is 12.1 Å². The predicted molar refractivity (Wildman–Crippen MR) is 80.6 cm³/mol. The molecular weight excluding hydrogens is 253 g/mol. The largest absolute Gasteiger partial charge is 0.396 e. The smallest absolute Gasteiger partial charge is 0.123 e. The molecule has 1 heterocycles. The van der Waals surface area contributed by atoms with Crippen molar-refractivity contribution < 1.29 is 4.39 Å². The van der Waals surface area contributed by atoms with Crippen LogP contribution in [0.1, 0.15) is 5.56 Å². The number of hydrogen-bond acceptors (Lipinski definition) is 3. The average molecular weight is 267 g/mol. The van der Waals surface area contributed by atoms with Gasteiger partial charge in [0, 0.05) is 17.3 Å². The molecule has 3 rings (SSSR count). The zero-order valence-electron chi connectivity index (χ0n) is 11.0. The van der Waals surface area contributed by atoms with Gasteiger partial charge in [-0.3, -0.25) is 4.98 Å². The number of nitrogens with zero attached hydrogens (tertiary/aromatic N) is 1. The fourth-order valence-electron chi connectivity index (χ4n) is 2.20. The summed E-state index contributed by atoms with van der Waals surface area (Å²) in [7, 11) is 0. The van der Waals surface area contributed by atoms with Gasteiger partial charge in [0.05, 0.1) is 16.9 Å². The standard InChI is InChI=1S/C16H14FN3/c1-10-9-11(17)4-5-13(10)20-15-7-6-14-12(16(15)18)3-2-8-19-14/h2-9,20H,18H2,1H3. The van der Waals surface area contributed by atoms with E-state index in [9.17, 15) is 4.39 Å². The van der Waals surface area contributed by atoms with E-state index in [-0.39, 0.29) is 5.82 Å². The Bertz CT molecular complexity index is 784. The van der Waals surface area contributed by atoms with Gasteiger partial charge in [0.1, 0.15) is 5.82 Å². The van der Waals surface area contributed by atoms with E-state index in [1.807, 2.05) is 31.2 Å². The highest BCUT2D eigenvalue weighted by atomic mass is 19.1. The lowest BCUT2D eigenvalue weighted by Crippen LogP contribution is -1.99. The molecule has 0 spiro atoms. The minimum Gasteiger partial charge on any atom is -0.396 e. The maximum Gasteiger partial charge on any atom is 0.123 e. The molecular formula is C16H14FN3. The van der Waals surface area contributed by atoms with Crippen molar-refractivity contribution in [1.29, 1.82) is 0 Å². The molecule has 4 heteroatoms. The van der Waals surface area contributed by atoms with E-state index in [4.69, 9.17) is 5.73 Å². The summed E-state index contributed by atoms with van der Waals surface area (Å²) < 4.78 is 13.1. The first-order valence-electron chi connectivity index (χ1n) is 6.31. The number of aryl methyl sites for hydroxylation is 1. The monoisotopic (exact) mass is 267 g/mol. The molecule has 1 aromatic heterocycles. The van der Waals surface area contributed by atoms with Gasteiger partial charge in [0.2, 0.25) is 0 Å². The average Bonchev–Trinajstić information content (AvgIpc) is 2.45. The fraction of sp³-hybridized carbons (Fsp3) is 0.0625. The lowest BCUT2D eigenvalue weighted by atomic mass is 10.1. The molecule has 0 bridgehead atoms. The van der Waals surface area contributed by atoms with Gasteiger partial charge < -0.3 is 11.1 Å². The zero-order chi connectivity index (χ0) is 14.1. The van der Waals surface area contributed by atoms with E-state index < -0.39 is 0 Å². The van der Waals surface area contributed by atoms with Crippen molar-refractivity contribution in [3.63, 3.8) is 0 Å². The van der Waals surface area contributed by atoms with Crippen molar-refractivity contribution in [2.45, 2.75) is 6.92 Å². The van der Waals surface area contributed by atoms with Gasteiger partial charge in [-0.05, 0) is 55.0 Å². The van der Waals surface area contributed by atoms with Gasteiger partial charge in [0.25, 0.3) is 0 Å². The third kappa shape index (κ3) is 2.16. The number of pyridine rings is 1. The Balaban J connectivity index is 2.04. The number of fused-ring (bicyclic) bond motifs is 1. The number of anilines is 3. The number of nitrogens with two attached hydrogens (primary N) is 1. The van der Waals surface area contributed by atoms with E-state index in [1.54, 1.807) is 12.3 Å². The van der Waals surface area contributed by atoms with Crippen molar-refractivity contribution in [1.82, 2.24) is 4.98 Å². The second-order valence-corrected chi connectivity index (χ2v) is 4.68. The molecule has 0 unspecified atom stereocenters. The molecule has 0 amide bonds. The van der Waals surface area contributed by atoms with Crippen LogP contribution in [-0.2, 0) is 0 Å². The molecule has 0 aliphatic rings. The Morgan fingerprint density at radius 2 is 1.90 bits per heavy atom. The van der Waals surface area contributed by atoms with Gasteiger partial charge in [-0.1, -0.05) is 0 Å². The fourth-order valence-corrected chi connectivity index (χ4v) is 2.20. The van der Waals surface area contributed by atoms with Gasteiger partial charge >= 0.3 is 0 Å². The summed E-state index contributed by atoms with van der Waals surface area (Å²) >= 11 is 0. The van der Waals surface area contributed by atoms with Crippen molar-refractivity contribution in [2.24, 2.45) is 0 Å². The minimum absolute atomic E-state index is 0.247. The van der Waals surface area contributed by atoms with Crippen LogP contribution in [0.15, 0.2) is 48.7 Å². The molecule has 0 atom stereocenters. The molecule has 20 heavy (non-hydrogen) atoms. The summed E-state index contributed by atoms with van der Waals surface area (Å²) in [5.41, 5.74) is 10.1. The van der Waals surface area contributed by atoms with E-state index in [0.717, 1.165) is 27.8 Å². The van der Waals surface area contributed by atoms with E-state index in [0.29, 0.717) is 5.69 Å². The number of nitrogens with one attached hydrogen (secondary N) is 1. The number of halogens is 1. The topological polar surface area (TPSA) is 50.9 Å². The molecule has 0 fully saturated rings.